The average Bonchev–Trinajstić information content (AvgIpc) is 1.89. The molecular weight excluding hydrogens is 147 g/mol. The highest BCUT2D eigenvalue weighted by Crippen LogP contribution is 2.42. The smallest absolute Gasteiger partial charge is 0.314 e. The molecule has 0 fully saturated rings. The van der Waals surface area contributed by atoms with Crippen molar-refractivity contribution in [2.75, 3.05) is 7.11 Å². The molecule has 0 radical (unpaired) electrons. The maximum absolute atomic E-state index is 11.2. The third kappa shape index (κ3) is 2.74. The molecular formula is C7H9O2P. The second-order valence-corrected chi connectivity index (χ2v) is 3.37. The molecule has 0 aliphatic rings. The maximum Gasteiger partial charge on any atom is 0.345 e. The highest BCUT2D eigenvalue weighted by molar-refractivity contribution is 7.69. The molecule has 0 aromatic rings. The van der Waals surface area contributed by atoms with Crippen molar-refractivity contribution in [3.05, 3.63) is 0 Å². The first-order chi connectivity index (χ1) is 4.68. The molecule has 2 nitrogen and oxygen atoms in total. The van der Waals surface area contributed by atoms with Crippen molar-refractivity contribution in [1.29, 1.82) is 0 Å². The van der Waals surface area contributed by atoms with Gasteiger partial charge in [-0.2, -0.15) is 0 Å². The predicted molar refractivity (Wildman–Crippen MR) is 41.5 cm³/mol. The van der Waals surface area contributed by atoms with Gasteiger partial charge >= 0.3 is 7.37 Å². The van der Waals surface area contributed by atoms with Crippen molar-refractivity contribution in [2.45, 2.75) is 13.8 Å². The standard InChI is InChI=1S/C7H9O2P/c1-4-6-10(8,9-3)7-5-2/h1-3H3. The Bertz CT molecular complexity index is 235. The van der Waals surface area contributed by atoms with Gasteiger partial charge < -0.3 is 4.52 Å². The van der Waals surface area contributed by atoms with E-state index in [1.54, 1.807) is 13.8 Å². The lowest BCUT2D eigenvalue weighted by molar-refractivity contribution is 0.414. The summed E-state index contributed by atoms with van der Waals surface area (Å²) < 4.78 is 15.8. The van der Waals surface area contributed by atoms with E-state index in [1.165, 1.54) is 7.11 Å². The molecule has 0 atom stereocenters. The van der Waals surface area contributed by atoms with Crippen LogP contribution in [0.3, 0.4) is 0 Å². The van der Waals surface area contributed by atoms with Gasteiger partial charge in [-0.25, -0.2) is 0 Å². The summed E-state index contributed by atoms with van der Waals surface area (Å²) in [5.74, 6) is 5.01. The molecule has 0 N–H and O–H groups in total. The van der Waals surface area contributed by atoms with Crippen molar-refractivity contribution in [2.24, 2.45) is 0 Å². The molecule has 10 heavy (non-hydrogen) atoms. The first-order valence-corrected chi connectivity index (χ1v) is 4.35. The number of hydrogen-bond acceptors (Lipinski definition) is 2. The normalized spacial score (nSPS) is 8.70. The monoisotopic (exact) mass is 156 g/mol. The van der Waals surface area contributed by atoms with Crippen LogP contribution in [0.25, 0.3) is 0 Å². The fourth-order valence-corrected chi connectivity index (χ4v) is 1.24. The number of hydrogen-bond donors (Lipinski definition) is 0. The summed E-state index contributed by atoms with van der Waals surface area (Å²) in [6.45, 7) is 3.20. The van der Waals surface area contributed by atoms with Crippen LogP contribution in [0.2, 0.25) is 0 Å². The average molecular weight is 156 g/mol. The Hall–Kier alpha value is -0.690. The van der Waals surface area contributed by atoms with Gasteiger partial charge in [0.1, 0.15) is 0 Å². The second-order valence-electron chi connectivity index (χ2n) is 1.46. The van der Waals surface area contributed by atoms with E-state index in [-0.39, 0.29) is 0 Å². The quantitative estimate of drug-likeness (QED) is 0.428. The molecule has 3 heteroatoms. The van der Waals surface area contributed by atoms with Crippen molar-refractivity contribution < 1.29 is 9.09 Å². The van der Waals surface area contributed by atoms with E-state index in [9.17, 15) is 4.57 Å². The Morgan fingerprint density at radius 1 is 1.20 bits per heavy atom. The van der Waals surface area contributed by atoms with Crippen LogP contribution in [0.5, 0.6) is 0 Å². The molecule has 0 aromatic carbocycles. The molecule has 0 aromatic heterocycles. The van der Waals surface area contributed by atoms with Gasteiger partial charge in [-0.1, -0.05) is 11.8 Å². The summed E-state index contributed by atoms with van der Waals surface area (Å²) in [7, 11) is -1.58. The first-order valence-electron chi connectivity index (χ1n) is 2.72. The highest BCUT2D eigenvalue weighted by Gasteiger charge is 2.12. The van der Waals surface area contributed by atoms with E-state index in [2.05, 4.69) is 27.7 Å². The Morgan fingerprint density at radius 2 is 1.60 bits per heavy atom. The Morgan fingerprint density at radius 3 is 1.80 bits per heavy atom. The van der Waals surface area contributed by atoms with Gasteiger partial charge in [0.15, 0.2) is 0 Å². The molecule has 0 unspecified atom stereocenters. The molecule has 0 bridgehead atoms. The van der Waals surface area contributed by atoms with Gasteiger partial charge in [0, 0.05) is 18.4 Å². The van der Waals surface area contributed by atoms with Gasteiger partial charge in [-0.05, 0) is 13.8 Å². The minimum absolute atomic E-state index is 1.34. The van der Waals surface area contributed by atoms with Crippen LogP contribution in [0, 0.1) is 23.2 Å². The van der Waals surface area contributed by atoms with E-state index >= 15 is 0 Å². The first kappa shape index (κ1) is 9.31. The van der Waals surface area contributed by atoms with Crippen LogP contribution in [0.1, 0.15) is 13.8 Å². The molecule has 0 saturated carbocycles. The largest absolute Gasteiger partial charge is 0.345 e. The molecule has 0 heterocycles. The van der Waals surface area contributed by atoms with Gasteiger partial charge in [-0.3, -0.25) is 4.57 Å². The summed E-state index contributed by atoms with van der Waals surface area (Å²) in [6, 6.07) is 0. The van der Waals surface area contributed by atoms with E-state index in [0.29, 0.717) is 0 Å². The zero-order valence-electron chi connectivity index (χ0n) is 6.26. The summed E-state index contributed by atoms with van der Waals surface area (Å²) in [5, 5.41) is 0. The lowest BCUT2D eigenvalue weighted by atomic mass is 10.8. The highest BCUT2D eigenvalue weighted by atomic mass is 31.2. The zero-order valence-corrected chi connectivity index (χ0v) is 7.16. The van der Waals surface area contributed by atoms with Crippen molar-refractivity contribution in [1.82, 2.24) is 0 Å². The summed E-state index contributed by atoms with van der Waals surface area (Å²) >= 11 is 0. The molecule has 0 aliphatic heterocycles. The lowest BCUT2D eigenvalue weighted by Crippen LogP contribution is -1.75. The fraction of sp³-hybridized carbons (Fsp3) is 0.429. The lowest BCUT2D eigenvalue weighted by Gasteiger charge is -1.97. The fourth-order valence-electron chi connectivity index (χ4n) is 0.414. The van der Waals surface area contributed by atoms with Crippen molar-refractivity contribution in [3.8, 4) is 23.2 Å². The van der Waals surface area contributed by atoms with Crippen LogP contribution in [0.4, 0.5) is 0 Å². The van der Waals surface area contributed by atoms with E-state index in [1.807, 2.05) is 0 Å². The van der Waals surface area contributed by atoms with Crippen LogP contribution >= 0.6 is 7.37 Å². The Labute approximate surface area is 61.4 Å². The summed E-state index contributed by atoms with van der Waals surface area (Å²) in [6.07, 6.45) is 0. The van der Waals surface area contributed by atoms with Crippen LogP contribution in [-0.2, 0) is 9.09 Å². The molecule has 0 rings (SSSR count). The maximum atomic E-state index is 11.2. The molecule has 0 amide bonds. The van der Waals surface area contributed by atoms with Gasteiger partial charge in [0.2, 0.25) is 0 Å². The molecule has 0 saturated heterocycles. The minimum atomic E-state index is -2.92. The van der Waals surface area contributed by atoms with E-state index < -0.39 is 7.37 Å². The van der Waals surface area contributed by atoms with Crippen molar-refractivity contribution in [3.63, 3.8) is 0 Å². The third-order valence-corrected chi connectivity index (χ3v) is 2.33. The van der Waals surface area contributed by atoms with Crippen LogP contribution < -0.4 is 0 Å². The molecule has 0 spiro atoms. The predicted octanol–water partition coefficient (Wildman–Crippen LogP) is 1.87. The zero-order chi connectivity index (χ0) is 8.04. The van der Waals surface area contributed by atoms with E-state index in [4.69, 9.17) is 0 Å². The SMILES string of the molecule is CC#CP(=O)(C#CC)OC. The van der Waals surface area contributed by atoms with Crippen molar-refractivity contribution >= 4 is 7.37 Å². The van der Waals surface area contributed by atoms with Gasteiger partial charge in [-0.15, -0.1) is 0 Å². The third-order valence-electron chi connectivity index (χ3n) is 0.775. The topological polar surface area (TPSA) is 26.3 Å². The molecule has 54 valence electrons. The second kappa shape index (κ2) is 4.18. The number of rotatable bonds is 1. The van der Waals surface area contributed by atoms with Gasteiger partial charge in [0.25, 0.3) is 0 Å². The summed E-state index contributed by atoms with van der Waals surface area (Å²) in [4.78, 5) is 0. The Kier molecular flexibility index (Phi) is 3.89. The van der Waals surface area contributed by atoms with E-state index in [0.717, 1.165) is 0 Å². The Balaban J connectivity index is 4.63. The van der Waals surface area contributed by atoms with Gasteiger partial charge in [0.05, 0.1) is 0 Å². The summed E-state index contributed by atoms with van der Waals surface area (Å²) in [5.41, 5.74) is 4.84. The minimum Gasteiger partial charge on any atom is -0.314 e. The molecule has 0 aliphatic carbocycles. The van der Waals surface area contributed by atoms with Crippen LogP contribution in [-0.4, -0.2) is 7.11 Å². The van der Waals surface area contributed by atoms with Crippen LogP contribution in [0.15, 0.2) is 0 Å².